The van der Waals surface area contributed by atoms with E-state index in [1.807, 2.05) is 0 Å². The summed E-state index contributed by atoms with van der Waals surface area (Å²) >= 11 is 0. The van der Waals surface area contributed by atoms with Crippen molar-refractivity contribution in [1.82, 2.24) is 10.2 Å². The molecule has 1 aliphatic heterocycles. The van der Waals surface area contributed by atoms with Crippen LogP contribution in [0, 0.1) is 11.3 Å². The maximum Gasteiger partial charge on any atom is 0.0159 e. The van der Waals surface area contributed by atoms with Gasteiger partial charge in [-0.3, -0.25) is 4.90 Å². The third kappa shape index (κ3) is 3.39. The highest BCUT2D eigenvalue weighted by Crippen LogP contribution is 2.42. The molecule has 0 amide bonds. The molecule has 1 N–H and O–H groups in total. The van der Waals surface area contributed by atoms with Crippen molar-refractivity contribution in [2.24, 2.45) is 11.3 Å². The molecule has 2 aliphatic rings. The molecule has 0 radical (unpaired) electrons. The molecule has 1 saturated heterocycles. The fourth-order valence-corrected chi connectivity index (χ4v) is 4.62. The van der Waals surface area contributed by atoms with E-state index in [0.717, 1.165) is 18.0 Å². The number of nitrogens with one attached hydrogen (secondary N) is 1. The average molecular weight is 280 g/mol. The van der Waals surface area contributed by atoms with Crippen molar-refractivity contribution >= 4 is 0 Å². The van der Waals surface area contributed by atoms with Gasteiger partial charge in [0.2, 0.25) is 0 Å². The van der Waals surface area contributed by atoms with Gasteiger partial charge in [0.1, 0.15) is 0 Å². The van der Waals surface area contributed by atoms with Crippen molar-refractivity contribution in [2.75, 3.05) is 13.1 Å². The summed E-state index contributed by atoms with van der Waals surface area (Å²) in [6.07, 6.45) is 8.19. The van der Waals surface area contributed by atoms with Crippen LogP contribution in [0.25, 0.3) is 0 Å². The summed E-state index contributed by atoms with van der Waals surface area (Å²) in [4.78, 5) is 2.83. The van der Waals surface area contributed by atoms with Crippen LogP contribution in [0.1, 0.15) is 73.1 Å². The van der Waals surface area contributed by atoms with Gasteiger partial charge < -0.3 is 5.32 Å². The maximum absolute atomic E-state index is 3.87. The van der Waals surface area contributed by atoms with E-state index in [4.69, 9.17) is 0 Å². The van der Waals surface area contributed by atoms with Gasteiger partial charge in [-0.05, 0) is 63.3 Å². The molecule has 1 aliphatic carbocycles. The van der Waals surface area contributed by atoms with Gasteiger partial charge in [-0.1, -0.05) is 27.7 Å². The average Bonchev–Trinajstić information content (AvgIpc) is 2.89. The molecule has 20 heavy (non-hydrogen) atoms. The zero-order valence-corrected chi connectivity index (χ0v) is 14.4. The molecule has 0 aromatic rings. The Labute approximate surface area is 126 Å². The van der Waals surface area contributed by atoms with Gasteiger partial charge in [0.05, 0.1) is 0 Å². The second kappa shape index (κ2) is 6.79. The molecular weight excluding hydrogens is 244 g/mol. The van der Waals surface area contributed by atoms with E-state index in [1.54, 1.807) is 0 Å². The minimum atomic E-state index is 0.477. The van der Waals surface area contributed by atoms with Crippen molar-refractivity contribution < 1.29 is 0 Å². The van der Waals surface area contributed by atoms with Gasteiger partial charge in [0.15, 0.2) is 0 Å². The van der Waals surface area contributed by atoms with Crippen molar-refractivity contribution in [2.45, 2.75) is 91.3 Å². The maximum atomic E-state index is 3.87. The van der Waals surface area contributed by atoms with E-state index < -0.39 is 0 Å². The first-order valence-electron chi connectivity index (χ1n) is 8.98. The number of likely N-dealkylation sites (tertiary alicyclic amines) is 1. The third-order valence-corrected chi connectivity index (χ3v) is 5.96. The summed E-state index contributed by atoms with van der Waals surface area (Å²) < 4.78 is 0. The molecule has 2 rings (SSSR count). The predicted molar refractivity (Wildman–Crippen MR) is 88.1 cm³/mol. The molecule has 4 unspecified atom stereocenters. The van der Waals surface area contributed by atoms with Crippen molar-refractivity contribution in [3.8, 4) is 0 Å². The monoisotopic (exact) mass is 280 g/mol. The summed E-state index contributed by atoms with van der Waals surface area (Å²) in [5.74, 6) is 0.853. The first kappa shape index (κ1) is 16.3. The molecule has 0 bridgehead atoms. The van der Waals surface area contributed by atoms with E-state index in [-0.39, 0.29) is 0 Å². The molecule has 1 saturated carbocycles. The molecule has 2 nitrogen and oxygen atoms in total. The quantitative estimate of drug-likeness (QED) is 0.789. The lowest BCUT2D eigenvalue weighted by atomic mass is 9.84. The largest absolute Gasteiger partial charge is 0.313 e. The van der Waals surface area contributed by atoms with Crippen LogP contribution in [0.5, 0.6) is 0 Å². The lowest BCUT2D eigenvalue weighted by Crippen LogP contribution is -2.47. The fourth-order valence-electron chi connectivity index (χ4n) is 4.62. The van der Waals surface area contributed by atoms with E-state index in [1.165, 1.54) is 51.6 Å². The van der Waals surface area contributed by atoms with Crippen LogP contribution in [0.3, 0.4) is 0 Å². The van der Waals surface area contributed by atoms with Crippen LogP contribution in [-0.4, -0.2) is 36.1 Å². The van der Waals surface area contributed by atoms with Crippen molar-refractivity contribution in [3.05, 3.63) is 0 Å². The second-order valence-corrected chi connectivity index (χ2v) is 7.90. The predicted octanol–water partition coefficient (Wildman–Crippen LogP) is 4.05. The van der Waals surface area contributed by atoms with Crippen LogP contribution in [0.2, 0.25) is 0 Å². The van der Waals surface area contributed by atoms with E-state index >= 15 is 0 Å². The summed E-state index contributed by atoms with van der Waals surface area (Å²) in [5.41, 5.74) is 0.477. The minimum Gasteiger partial charge on any atom is -0.313 e. The van der Waals surface area contributed by atoms with Gasteiger partial charge in [-0.25, -0.2) is 0 Å². The SMILES string of the molecule is CCCNC1C(CN2C(C)CCC2CC)CCC1(C)C. The lowest BCUT2D eigenvalue weighted by Gasteiger charge is -2.36. The summed E-state index contributed by atoms with van der Waals surface area (Å²) in [6.45, 7) is 14.5. The second-order valence-electron chi connectivity index (χ2n) is 7.90. The zero-order valence-electron chi connectivity index (χ0n) is 14.4. The van der Waals surface area contributed by atoms with Gasteiger partial charge in [-0.2, -0.15) is 0 Å². The summed E-state index contributed by atoms with van der Waals surface area (Å²) in [6, 6.07) is 2.36. The molecular formula is C18H36N2. The number of hydrogen-bond donors (Lipinski definition) is 1. The molecule has 0 spiro atoms. The number of hydrogen-bond acceptors (Lipinski definition) is 2. The highest BCUT2D eigenvalue weighted by Gasteiger charge is 2.43. The highest BCUT2D eigenvalue weighted by atomic mass is 15.2. The Balaban J connectivity index is 1.99. The van der Waals surface area contributed by atoms with Gasteiger partial charge >= 0.3 is 0 Å². The van der Waals surface area contributed by atoms with Gasteiger partial charge in [-0.15, -0.1) is 0 Å². The van der Waals surface area contributed by atoms with Crippen LogP contribution < -0.4 is 5.32 Å². The van der Waals surface area contributed by atoms with Gasteiger partial charge in [0.25, 0.3) is 0 Å². The standard InChI is InChI=1S/C18H36N2/c1-6-12-19-17-15(10-11-18(17,4)5)13-20-14(3)8-9-16(20)7-2/h14-17,19H,6-13H2,1-5H3. The summed E-state index contributed by atoms with van der Waals surface area (Å²) in [5, 5.41) is 3.87. The lowest BCUT2D eigenvalue weighted by molar-refractivity contribution is 0.142. The molecule has 2 heteroatoms. The third-order valence-electron chi connectivity index (χ3n) is 5.96. The van der Waals surface area contributed by atoms with Crippen LogP contribution >= 0.6 is 0 Å². The first-order valence-corrected chi connectivity index (χ1v) is 8.98. The molecule has 2 fully saturated rings. The van der Waals surface area contributed by atoms with Crippen LogP contribution in [-0.2, 0) is 0 Å². The normalized spacial score (nSPS) is 37.6. The Hall–Kier alpha value is -0.0800. The minimum absolute atomic E-state index is 0.477. The van der Waals surface area contributed by atoms with Crippen LogP contribution in [0.4, 0.5) is 0 Å². The Morgan fingerprint density at radius 2 is 1.90 bits per heavy atom. The van der Waals surface area contributed by atoms with Crippen LogP contribution in [0.15, 0.2) is 0 Å². The number of nitrogens with zero attached hydrogens (tertiary/aromatic N) is 1. The molecule has 4 atom stereocenters. The smallest absolute Gasteiger partial charge is 0.0159 e. The van der Waals surface area contributed by atoms with Crippen molar-refractivity contribution in [3.63, 3.8) is 0 Å². The molecule has 1 heterocycles. The van der Waals surface area contributed by atoms with E-state index in [2.05, 4.69) is 44.8 Å². The topological polar surface area (TPSA) is 15.3 Å². The van der Waals surface area contributed by atoms with Gasteiger partial charge in [0, 0.05) is 24.7 Å². The highest BCUT2D eigenvalue weighted by molar-refractivity contribution is 4.98. The first-order chi connectivity index (χ1) is 9.49. The van der Waals surface area contributed by atoms with E-state index in [0.29, 0.717) is 11.5 Å². The molecule has 0 aromatic heterocycles. The summed E-state index contributed by atoms with van der Waals surface area (Å²) in [7, 11) is 0. The number of rotatable bonds is 6. The Morgan fingerprint density at radius 3 is 2.55 bits per heavy atom. The molecule has 118 valence electrons. The molecule has 0 aromatic carbocycles. The zero-order chi connectivity index (χ0) is 14.8. The fraction of sp³-hybridized carbons (Fsp3) is 1.00. The Morgan fingerprint density at radius 1 is 1.15 bits per heavy atom. The van der Waals surface area contributed by atoms with E-state index in [9.17, 15) is 0 Å². The Bertz CT molecular complexity index is 300. The Kier molecular flexibility index (Phi) is 5.53. The van der Waals surface area contributed by atoms with Crippen molar-refractivity contribution in [1.29, 1.82) is 0 Å².